The lowest BCUT2D eigenvalue weighted by Crippen LogP contribution is -2.34. The molecule has 0 bridgehead atoms. The molecule has 0 aliphatic carbocycles. The Balaban J connectivity index is 2.74. The van der Waals surface area contributed by atoms with Crippen LogP contribution in [-0.2, 0) is 4.74 Å². The van der Waals surface area contributed by atoms with Gasteiger partial charge in [-0.2, -0.15) is 0 Å². The molecule has 1 amide bonds. The molecule has 0 unspecified atom stereocenters. The lowest BCUT2D eigenvalue weighted by atomic mass is 10.2. The van der Waals surface area contributed by atoms with Gasteiger partial charge in [0.05, 0.1) is 5.69 Å². The number of amides is 1. The molecule has 0 radical (unpaired) electrons. The van der Waals surface area contributed by atoms with Crippen molar-refractivity contribution in [1.82, 2.24) is 0 Å². The Morgan fingerprint density at radius 3 is 2.53 bits per heavy atom. The maximum atomic E-state index is 11.7. The SMILES string of the molecule is CN(C(=O)OC(C)(C)C)c1ccsc1N. The van der Waals surface area contributed by atoms with Crippen LogP contribution in [0.2, 0.25) is 0 Å². The van der Waals surface area contributed by atoms with Crippen molar-refractivity contribution in [3.8, 4) is 0 Å². The second kappa shape index (κ2) is 4.10. The smallest absolute Gasteiger partial charge is 0.414 e. The van der Waals surface area contributed by atoms with Gasteiger partial charge in [-0.05, 0) is 32.2 Å². The molecule has 84 valence electrons. The number of nitrogens with two attached hydrogens (primary N) is 1. The summed E-state index contributed by atoms with van der Waals surface area (Å²) < 4.78 is 5.21. The molecule has 1 rings (SSSR count). The highest BCUT2D eigenvalue weighted by molar-refractivity contribution is 7.14. The second-order valence-electron chi connectivity index (χ2n) is 4.21. The molecular formula is C10H16N2O2S. The van der Waals surface area contributed by atoms with Gasteiger partial charge in [0.25, 0.3) is 0 Å². The molecule has 1 heterocycles. The van der Waals surface area contributed by atoms with Crippen molar-refractivity contribution in [2.45, 2.75) is 26.4 Å². The maximum Gasteiger partial charge on any atom is 0.414 e. The molecule has 0 aromatic carbocycles. The number of nitrogens with zero attached hydrogens (tertiary/aromatic N) is 1. The first kappa shape index (κ1) is 11.8. The van der Waals surface area contributed by atoms with E-state index in [9.17, 15) is 4.79 Å². The van der Waals surface area contributed by atoms with Crippen LogP contribution in [0, 0.1) is 0 Å². The molecule has 0 aliphatic rings. The summed E-state index contributed by atoms with van der Waals surface area (Å²) in [5.74, 6) is 0. The average molecular weight is 228 g/mol. The average Bonchev–Trinajstić information content (AvgIpc) is 2.47. The van der Waals surface area contributed by atoms with E-state index in [0.717, 1.165) is 0 Å². The van der Waals surface area contributed by atoms with Crippen LogP contribution in [0.4, 0.5) is 15.5 Å². The van der Waals surface area contributed by atoms with Crippen molar-refractivity contribution in [3.05, 3.63) is 11.4 Å². The van der Waals surface area contributed by atoms with Gasteiger partial charge in [0.2, 0.25) is 0 Å². The van der Waals surface area contributed by atoms with Gasteiger partial charge >= 0.3 is 6.09 Å². The summed E-state index contributed by atoms with van der Waals surface area (Å²) in [6.07, 6.45) is -0.396. The summed E-state index contributed by atoms with van der Waals surface area (Å²) in [6, 6.07) is 1.80. The lowest BCUT2D eigenvalue weighted by Gasteiger charge is -2.24. The van der Waals surface area contributed by atoms with Crippen molar-refractivity contribution < 1.29 is 9.53 Å². The molecule has 1 aromatic heterocycles. The first-order valence-corrected chi connectivity index (χ1v) is 5.49. The molecule has 2 N–H and O–H groups in total. The Bertz CT molecular complexity index is 355. The monoisotopic (exact) mass is 228 g/mol. The number of carbonyl (C=O) groups is 1. The van der Waals surface area contributed by atoms with Crippen LogP contribution >= 0.6 is 11.3 Å². The van der Waals surface area contributed by atoms with E-state index >= 15 is 0 Å². The van der Waals surface area contributed by atoms with Crippen LogP contribution in [0.3, 0.4) is 0 Å². The molecule has 5 heteroatoms. The van der Waals surface area contributed by atoms with Crippen molar-refractivity contribution in [2.75, 3.05) is 17.7 Å². The minimum atomic E-state index is -0.490. The fourth-order valence-electron chi connectivity index (χ4n) is 1.02. The number of ether oxygens (including phenoxy) is 1. The standard InChI is InChI=1S/C10H16N2O2S/c1-10(2,3)14-9(13)12(4)7-5-6-15-8(7)11/h5-6H,11H2,1-4H3. The second-order valence-corrected chi connectivity index (χ2v) is 5.16. The van der Waals surface area contributed by atoms with Crippen LogP contribution in [0.1, 0.15) is 20.8 Å². The van der Waals surface area contributed by atoms with E-state index in [1.54, 1.807) is 13.1 Å². The van der Waals surface area contributed by atoms with Gasteiger partial charge in [0.1, 0.15) is 10.6 Å². The minimum Gasteiger partial charge on any atom is -0.443 e. The lowest BCUT2D eigenvalue weighted by molar-refractivity contribution is 0.0589. The summed E-state index contributed by atoms with van der Waals surface area (Å²) in [4.78, 5) is 13.1. The van der Waals surface area contributed by atoms with Gasteiger partial charge in [-0.1, -0.05) is 0 Å². The van der Waals surface area contributed by atoms with E-state index in [0.29, 0.717) is 10.7 Å². The molecular weight excluding hydrogens is 212 g/mol. The fraction of sp³-hybridized carbons (Fsp3) is 0.500. The fourth-order valence-corrected chi connectivity index (χ4v) is 1.69. The Hall–Kier alpha value is -1.23. The summed E-state index contributed by atoms with van der Waals surface area (Å²) in [7, 11) is 1.65. The third-order valence-electron chi connectivity index (χ3n) is 1.70. The summed E-state index contributed by atoms with van der Waals surface area (Å²) in [6.45, 7) is 5.49. The number of hydrogen-bond donors (Lipinski definition) is 1. The quantitative estimate of drug-likeness (QED) is 0.804. The first-order chi connectivity index (χ1) is 6.81. The number of thiophene rings is 1. The third kappa shape index (κ3) is 3.13. The van der Waals surface area contributed by atoms with Gasteiger partial charge in [0.15, 0.2) is 0 Å². The molecule has 0 saturated carbocycles. The van der Waals surface area contributed by atoms with Gasteiger partial charge < -0.3 is 10.5 Å². The zero-order valence-corrected chi connectivity index (χ0v) is 10.2. The summed E-state index contributed by atoms with van der Waals surface area (Å²) in [5.41, 5.74) is 5.91. The molecule has 0 aliphatic heterocycles. The van der Waals surface area contributed by atoms with Crippen molar-refractivity contribution in [3.63, 3.8) is 0 Å². The maximum absolute atomic E-state index is 11.7. The Kier molecular flexibility index (Phi) is 3.24. The highest BCUT2D eigenvalue weighted by atomic mass is 32.1. The minimum absolute atomic E-state index is 0.396. The van der Waals surface area contributed by atoms with Crippen LogP contribution < -0.4 is 10.6 Å². The van der Waals surface area contributed by atoms with Crippen LogP contribution in [0.25, 0.3) is 0 Å². The summed E-state index contributed by atoms with van der Waals surface area (Å²) in [5, 5.41) is 2.45. The van der Waals surface area contributed by atoms with Gasteiger partial charge in [0, 0.05) is 7.05 Å². The predicted molar refractivity (Wildman–Crippen MR) is 63.4 cm³/mol. The Morgan fingerprint density at radius 2 is 2.13 bits per heavy atom. The van der Waals surface area contributed by atoms with Crippen LogP contribution in [0.15, 0.2) is 11.4 Å². The van der Waals surface area contributed by atoms with E-state index < -0.39 is 11.7 Å². The molecule has 0 saturated heterocycles. The van der Waals surface area contributed by atoms with E-state index in [-0.39, 0.29) is 0 Å². The van der Waals surface area contributed by atoms with Crippen LogP contribution in [-0.4, -0.2) is 18.7 Å². The number of hydrogen-bond acceptors (Lipinski definition) is 4. The Morgan fingerprint density at radius 1 is 1.53 bits per heavy atom. The van der Waals surface area contributed by atoms with Gasteiger partial charge in [-0.15, -0.1) is 11.3 Å². The molecule has 1 aromatic rings. The normalized spacial score (nSPS) is 11.2. The van der Waals surface area contributed by atoms with Crippen molar-refractivity contribution in [1.29, 1.82) is 0 Å². The van der Waals surface area contributed by atoms with Crippen molar-refractivity contribution >= 4 is 28.1 Å². The van der Waals surface area contributed by atoms with E-state index in [2.05, 4.69) is 0 Å². The highest BCUT2D eigenvalue weighted by Crippen LogP contribution is 2.28. The van der Waals surface area contributed by atoms with Crippen molar-refractivity contribution in [2.24, 2.45) is 0 Å². The van der Waals surface area contributed by atoms with E-state index in [1.807, 2.05) is 26.2 Å². The largest absolute Gasteiger partial charge is 0.443 e. The summed E-state index contributed by atoms with van der Waals surface area (Å²) >= 11 is 1.40. The van der Waals surface area contributed by atoms with E-state index in [1.165, 1.54) is 16.2 Å². The molecule has 4 nitrogen and oxygen atoms in total. The predicted octanol–water partition coefficient (Wildman–Crippen LogP) is 2.70. The van der Waals surface area contributed by atoms with Gasteiger partial charge in [-0.25, -0.2) is 4.79 Å². The topological polar surface area (TPSA) is 55.6 Å². The number of rotatable bonds is 1. The Labute approximate surface area is 93.6 Å². The molecule has 0 spiro atoms. The number of nitrogen functional groups attached to an aromatic ring is 1. The number of anilines is 2. The first-order valence-electron chi connectivity index (χ1n) is 4.61. The molecule has 0 atom stereocenters. The zero-order chi connectivity index (χ0) is 11.6. The third-order valence-corrected chi connectivity index (χ3v) is 2.44. The number of carbonyl (C=O) groups excluding carboxylic acids is 1. The zero-order valence-electron chi connectivity index (χ0n) is 9.40. The van der Waals surface area contributed by atoms with Crippen LogP contribution in [0.5, 0.6) is 0 Å². The van der Waals surface area contributed by atoms with Gasteiger partial charge in [-0.3, -0.25) is 4.90 Å². The highest BCUT2D eigenvalue weighted by Gasteiger charge is 2.21. The van der Waals surface area contributed by atoms with E-state index in [4.69, 9.17) is 10.5 Å². The molecule has 0 fully saturated rings. The molecule has 15 heavy (non-hydrogen) atoms.